The Kier molecular flexibility index (Phi) is 4.52. The van der Waals surface area contributed by atoms with E-state index in [4.69, 9.17) is 4.74 Å². The van der Waals surface area contributed by atoms with Gasteiger partial charge in [0.15, 0.2) is 0 Å². The highest BCUT2D eigenvalue weighted by atomic mass is 32.1. The number of likely N-dealkylation sites (tertiary alicyclic amines) is 1. The van der Waals surface area contributed by atoms with Gasteiger partial charge in [0, 0.05) is 25.4 Å². The molecule has 1 atom stereocenters. The molecule has 3 nitrogen and oxygen atoms in total. The topological polar surface area (TPSA) is 32.7 Å². The molecule has 0 aromatic heterocycles. The molecule has 0 aliphatic carbocycles. The third kappa shape index (κ3) is 4.31. The van der Waals surface area contributed by atoms with E-state index in [1.807, 2.05) is 6.92 Å². The molecule has 1 rings (SSSR count). The van der Waals surface area contributed by atoms with Gasteiger partial charge in [-0.05, 0) is 13.3 Å². The number of ether oxygens (including phenoxy) is 1. The van der Waals surface area contributed by atoms with Crippen molar-refractivity contribution in [2.45, 2.75) is 18.9 Å². The predicted molar refractivity (Wildman–Crippen MR) is 56.4 cm³/mol. The minimum atomic E-state index is -0.483. The van der Waals surface area contributed by atoms with Crippen LogP contribution in [0.3, 0.4) is 0 Å². The molecule has 1 heterocycles. The van der Waals surface area contributed by atoms with Crippen molar-refractivity contribution in [3.63, 3.8) is 0 Å². The Labute approximate surface area is 85.5 Å². The number of nitrogens with zero attached hydrogens (tertiary/aromatic N) is 1. The summed E-state index contributed by atoms with van der Waals surface area (Å²) in [6.45, 7) is 6.03. The van der Waals surface area contributed by atoms with Crippen LogP contribution >= 0.6 is 12.6 Å². The third-order valence-electron chi connectivity index (χ3n) is 2.32. The Hall–Kier alpha value is 0.230. The molecule has 0 saturated carbocycles. The van der Waals surface area contributed by atoms with E-state index in [1.165, 1.54) is 0 Å². The van der Waals surface area contributed by atoms with Crippen molar-refractivity contribution in [3.8, 4) is 0 Å². The van der Waals surface area contributed by atoms with Crippen molar-refractivity contribution in [2.75, 3.05) is 38.6 Å². The van der Waals surface area contributed by atoms with E-state index >= 15 is 0 Å². The number of β-amino-alcohol motifs (C(OH)–C–C–N with tert-alkyl or cyclic N) is 1. The zero-order valence-electron chi connectivity index (χ0n) is 8.20. The van der Waals surface area contributed by atoms with E-state index in [9.17, 15) is 5.11 Å². The Morgan fingerprint density at radius 2 is 2.31 bits per heavy atom. The summed E-state index contributed by atoms with van der Waals surface area (Å²) >= 11 is 4.05. The Bertz CT molecular complexity index is 153. The van der Waals surface area contributed by atoms with Gasteiger partial charge in [-0.25, -0.2) is 0 Å². The highest BCUT2D eigenvalue weighted by Crippen LogP contribution is 2.19. The Morgan fingerprint density at radius 1 is 1.54 bits per heavy atom. The lowest BCUT2D eigenvalue weighted by atomic mass is 10.1. The number of rotatable bonds is 5. The van der Waals surface area contributed by atoms with Crippen molar-refractivity contribution < 1.29 is 9.84 Å². The molecule has 13 heavy (non-hydrogen) atoms. The first-order valence-electron chi connectivity index (χ1n) is 4.77. The summed E-state index contributed by atoms with van der Waals surface area (Å²) in [5.74, 6) is 0.776. The second kappa shape index (κ2) is 5.20. The number of hydrogen-bond acceptors (Lipinski definition) is 4. The molecule has 0 radical (unpaired) electrons. The molecule has 1 N–H and O–H groups in total. The molecule has 0 amide bonds. The molecule has 4 heteroatoms. The molecule has 78 valence electrons. The zero-order chi connectivity index (χ0) is 9.73. The Balaban J connectivity index is 2.04. The predicted octanol–water partition coefficient (Wildman–Crippen LogP) is 0.390. The lowest BCUT2D eigenvalue weighted by Crippen LogP contribution is -2.31. The maximum atomic E-state index is 9.67. The number of hydrogen-bond donors (Lipinski definition) is 2. The van der Waals surface area contributed by atoms with Gasteiger partial charge in [-0.1, -0.05) is 0 Å². The maximum absolute atomic E-state index is 9.67. The fourth-order valence-electron chi connectivity index (χ4n) is 1.59. The van der Waals surface area contributed by atoms with Crippen molar-refractivity contribution in [2.24, 2.45) is 0 Å². The van der Waals surface area contributed by atoms with E-state index in [1.54, 1.807) is 0 Å². The van der Waals surface area contributed by atoms with Gasteiger partial charge in [0.05, 0.1) is 18.8 Å². The largest absolute Gasteiger partial charge is 0.389 e. The second-order valence-corrected chi connectivity index (χ2v) is 4.31. The summed E-state index contributed by atoms with van der Waals surface area (Å²) in [5, 5.41) is 9.67. The van der Waals surface area contributed by atoms with Crippen LogP contribution in [0.25, 0.3) is 0 Å². The number of thiol groups is 1. The van der Waals surface area contributed by atoms with Crippen LogP contribution in [0.15, 0.2) is 0 Å². The van der Waals surface area contributed by atoms with E-state index in [0.29, 0.717) is 6.61 Å². The van der Waals surface area contributed by atoms with Gasteiger partial charge < -0.3 is 9.84 Å². The standard InChI is InChI=1S/C9H19NO2S/c1-9(11)2-3-10(8-9)4-5-12-6-7-13/h11,13H,2-8H2,1H3. The minimum absolute atomic E-state index is 0.483. The van der Waals surface area contributed by atoms with E-state index in [-0.39, 0.29) is 0 Å². The molecule has 0 aromatic rings. The third-order valence-corrected chi connectivity index (χ3v) is 2.50. The van der Waals surface area contributed by atoms with Crippen LogP contribution in [-0.2, 0) is 4.74 Å². The highest BCUT2D eigenvalue weighted by molar-refractivity contribution is 7.80. The monoisotopic (exact) mass is 205 g/mol. The average molecular weight is 205 g/mol. The molecule has 0 spiro atoms. The van der Waals surface area contributed by atoms with Crippen LogP contribution in [0.1, 0.15) is 13.3 Å². The lowest BCUT2D eigenvalue weighted by molar-refractivity contribution is 0.0616. The summed E-state index contributed by atoms with van der Waals surface area (Å²) in [5.41, 5.74) is -0.483. The molecular formula is C9H19NO2S. The zero-order valence-corrected chi connectivity index (χ0v) is 9.09. The SMILES string of the molecule is CC1(O)CCN(CCOCCS)C1. The summed E-state index contributed by atoms with van der Waals surface area (Å²) in [7, 11) is 0. The van der Waals surface area contributed by atoms with Crippen molar-refractivity contribution >= 4 is 12.6 Å². The van der Waals surface area contributed by atoms with Crippen molar-refractivity contribution in [1.82, 2.24) is 4.90 Å². The van der Waals surface area contributed by atoms with Crippen molar-refractivity contribution in [1.29, 1.82) is 0 Å². The van der Waals surface area contributed by atoms with Crippen LogP contribution in [0.2, 0.25) is 0 Å². The van der Waals surface area contributed by atoms with Gasteiger partial charge in [-0.3, -0.25) is 4.90 Å². The smallest absolute Gasteiger partial charge is 0.0758 e. The maximum Gasteiger partial charge on any atom is 0.0758 e. The fraction of sp³-hybridized carbons (Fsp3) is 1.00. The van der Waals surface area contributed by atoms with Gasteiger partial charge in [0.25, 0.3) is 0 Å². The summed E-state index contributed by atoms with van der Waals surface area (Å²) < 4.78 is 5.31. The molecule has 1 saturated heterocycles. The molecule has 1 aliphatic heterocycles. The van der Waals surface area contributed by atoms with Crippen LogP contribution in [-0.4, -0.2) is 54.2 Å². The van der Waals surface area contributed by atoms with Crippen LogP contribution in [0, 0.1) is 0 Å². The van der Waals surface area contributed by atoms with Gasteiger partial charge in [-0.2, -0.15) is 12.6 Å². The molecular weight excluding hydrogens is 186 g/mol. The van der Waals surface area contributed by atoms with Crippen molar-refractivity contribution in [3.05, 3.63) is 0 Å². The summed E-state index contributed by atoms with van der Waals surface area (Å²) in [6.07, 6.45) is 0.875. The first kappa shape index (κ1) is 11.3. The number of aliphatic hydroxyl groups is 1. The normalized spacial score (nSPS) is 29.8. The van der Waals surface area contributed by atoms with E-state index in [2.05, 4.69) is 17.5 Å². The first-order valence-corrected chi connectivity index (χ1v) is 5.41. The van der Waals surface area contributed by atoms with Crippen LogP contribution < -0.4 is 0 Å². The van der Waals surface area contributed by atoms with Gasteiger partial charge in [-0.15, -0.1) is 0 Å². The lowest BCUT2D eigenvalue weighted by Gasteiger charge is -2.18. The molecule has 0 aromatic carbocycles. The minimum Gasteiger partial charge on any atom is -0.389 e. The highest BCUT2D eigenvalue weighted by Gasteiger charge is 2.30. The average Bonchev–Trinajstić information content (AvgIpc) is 2.40. The molecule has 1 unspecified atom stereocenters. The summed E-state index contributed by atoms with van der Waals surface area (Å²) in [6, 6.07) is 0. The summed E-state index contributed by atoms with van der Waals surface area (Å²) in [4.78, 5) is 2.23. The first-order chi connectivity index (χ1) is 6.14. The quantitative estimate of drug-likeness (QED) is 0.503. The Morgan fingerprint density at radius 3 is 2.85 bits per heavy atom. The van der Waals surface area contributed by atoms with Gasteiger partial charge in [0.1, 0.15) is 0 Å². The second-order valence-electron chi connectivity index (χ2n) is 3.86. The van der Waals surface area contributed by atoms with Crippen LogP contribution in [0.4, 0.5) is 0 Å². The van der Waals surface area contributed by atoms with Gasteiger partial charge in [0.2, 0.25) is 0 Å². The van der Waals surface area contributed by atoms with E-state index in [0.717, 1.165) is 38.4 Å². The molecule has 0 bridgehead atoms. The van der Waals surface area contributed by atoms with E-state index < -0.39 is 5.60 Å². The molecule has 1 fully saturated rings. The van der Waals surface area contributed by atoms with Crippen LogP contribution in [0.5, 0.6) is 0 Å². The fourth-order valence-corrected chi connectivity index (χ4v) is 1.72. The molecule has 1 aliphatic rings. The van der Waals surface area contributed by atoms with Gasteiger partial charge >= 0.3 is 0 Å².